The zero-order chi connectivity index (χ0) is 21.5. The minimum Gasteiger partial charge on any atom is -0.493 e. The van der Waals surface area contributed by atoms with Crippen LogP contribution >= 0.6 is 11.8 Å². The van der Waals surface area contributed by atoms with Crippen molar-refractivity contribution in [3.05, 3.63) is 58.0 Å². The second-order valence-electron chi connectivity index (χ2n) is 6.74. The molecule has 1 fully saturated rings. The topological polar surface area (TPSA) is 73.9 Å². The molecule has 30 heavy (non-hydrogen) atoms. The van der Waals surface area contributed by atoms with E-state index >= 15 is 0 Å². The summed E-state index contributed by atoms with van der Waals surface area (Å²) in [6.07, 6.45) is 2.39. The summed E-state index contributed by atoms with van der Waals surface area (Å²) in [6.45, 7) is 7.54. The molecule has 1 aliphatic rings. The van der Waals surface area contributed by atoms with Gasteiger partial charge in [-0.15, -0.1) is 0 Å². The van der Waals surface area contributed by atoms with Gasteiger partial charge in [0.1, 0.15) is 5.75 Å². The highest BCUT2D eigenvalue weighted by Gasteiger charge is 2.25. The molecule has 2 aromatic rings. The number of carbonyl (C=O) groups is 2. The molecule has 2 aromatic carbocycles. The summed E-state index contributed by atoms with van der Waals surface area (Å²) in [6, 6.07) is 11.5. The monoisotopic (exact) mass is 427 g/mol. The van der Waals surface area contributed by atoms with E-state index in [-0.39, 0.29) is 11.1 Å². The lowest BCUT2D eigenvalue weighted by Crippen LogP contribution is -2.17. The van der Waals surface area contributed by atoms with Gasteiger partial charge in [-0.25, -0.2) is 0 Å². The maximum atomic E-state index is 11.7. The van der Waals surface area contributed by atoms with Crippen molar-refractivity contribution >= 4 is 29.0 Å². The maximum absolute atomic E-state index is 11.7. The van der Waals surface area contributed by atoms with Crippen LogP contribution in [0.3, 0.4) is 0 Å². The molecule has 0 unspecified atom stereocenters. The number of carbonyl (C=O) groups excluding carboxylic acids is 2. The summed E-state index contributed by atoms with van der Waals surface area (Å²) in [4.78, 5) is 23.4. The second kappa shape index (κ2) is 10.2. The molecule has 2 amide bonds. The van der Waals surface area contributed by atoms with Gasteiger partial charge in [-0.3, -0.25) is 14.9 Å². The van der Waals surface area contributed by atoms with Crippen molar-refractivity contribution in [2.75, 3.05) is 19.8 Å². The molecule has 1 aliphatic heterocycles. The molecule has 1 saturated heterocycles. The fourth-order valence-corrected chi connectivity index (χ4v) is 3.56. The molecule has 0 bridgehead atoms. The molecule has 0 spiro atoms. The van der Waals surface area contributed by atoms with Crippen molar-refractivity contribution in [1.29, 1.82) is 0 Å². The Hall–Kier alpha value is -2.93. The summed E-state index contributed by atoms with van der Waals surface area (Å²) >= 11 is 0.887. The Morgan fingerprint density at radius 1 is 0.967 bits per heavy atom. The van der Waals surface area contributed by atoms with Crippen LogP contribution in [0, 0.1) is 13.8 Å². The molecule has 7 heteroatoms. The van der Waals surface area contributed by atoms with Crippen LogP contribution in [0.1, 0.15) is 30.0 Å². The van der Waals surface area contributed by atoms with Crippen LogP contribution in [-0.2, 0) is 4.79 Å². The lowest BCUT2D eigenvalue weighted by atomic mass is 10.1. The van der Waals surface area contributed by atoms with Crippen molar-refractivity contribution in [3.8, 4) is 17.2 Å². The number of thioether (sulfide) groups is 1. The van der Waals surface area contributed by atoms with E-state index < -0.39 is 0 Å². The van der Waals surface area contributed by atoms with Crippen LogP contribution in [0.25, 0.3) is 6.08 Å². The van der Waals surface area contributed by atoms with E-state index in [1.165, 1.54) is 5.56 Å². The third-order valence-electron chi connectivity index (χ3n) is 4.57. The number of benzene rings is 2. The van der Waals surface area contributed by atoms with Crippen molar-refractivity contribution < 1.29 is 23.8 Å². The quantitative estimate of drug-likeness (QED) is 0.454. The van der Waals surface area contributed by atoms with Gasteiger partial charge >= 0.3 is 0 Å². The van der Waals surface area contributed by atoms with Gasteiger partial charge in [-0.05, 0) is 73.5 Å². The highest BCUT2D eigenvalue weighted by Crippen LogP contribution is 2.32. The Kier molecular flexibility index (Phi) is 7.41. The summed E-state index contributed by atoms with van der Waals surface area (Å²) in [5.41, 5.74) is 3.12. The molecule has 0 radical (unpaired) electrons. The first-order valence-corrected chi connectivity index (χ1v) is 10.6. The number of imide groups is 1. The van der Waals surface area contributed by atoms with E-state index in [9.17, 15) is 9.59 Å². The minimum absolute atomic E-state index is 0.361. The van der Waals surface area contributed by atoms with Crippen LogP contribution in [0.2, 0.25) is 0 Å². The first-order chi connectivity index (χ1) is 14.5. The Bertz CT molecular complexity index is 970. The lowest BCUT2D eigenvalue weighted by molar-refractivity contribution is -0.115. The van der Waals surface area contributed by atoms with Crippen LogP contribution < -0.4 is 19.5 Å². The fourth-order valence-electron chi connectivity index (χ4n) is 2.88. The van der Waals surface area contributed by atoms with Crippen LogP contribution in [0.4, 0.5) is 4.79 Å². The molecule has 1 N–H and O–H groups in total. The Balaban J connectivity index is 1.57. The van der Waals surface area contributed by atoms with E-state index in [1.807, 2.05) is 31.2 Å². The van der Waals surface area contributed by atoms with Gasteiger partial charge in [-0.2, -0.15) is 0 Å². The lowest BCUT2D eigenvalue weighted by Gasteiger charge is -2.14. The third kappa shape index (κ3) is 5.57. The molecular weight excluding hydrogens is 402 g/mol. The molecule has 158 valence electrons. The molecule has 0 aliphatic carbocycles. The number of nitrogens with one attached hydrogen (secondary N) is 1. The van der Waals surface area contributed by atoms with Gasteiger partial charge in [0, 0.05) is 6.42 Å². The van der Waals surface area contributed by atoms with Gasteiger partial charge in [-0.1, -0.05) is 18.2 Å². The van der Waals surface area contributed by atoms with Gasteiger partial charge < -0.3 is 14.2 Å². The average Bonchev–Trinajstić information content (AvgIpc) is 3.03. The van der Waals surface area contributed by atoms with Gasteiger partial charge in [0.25, 0.3) is 11.1 Å². The van der Waals surface area contributed by atoms with Crippen molar-refractivity contribution in [1.82, 2.24) is 5.32 Å². The Morgan fingerprint density at radius 3 is 2.43 bits per heavy atom. The molecule has 6 nitrogen and oxygen atoms in total. The smallest absolute Gasteiger partial charge is 0.290 e. The molecular formula is C23H25NO5S. The molecule has 1 heterocycles. The Morgan fingerprint density at radius 2 is 1.73 bits per heavy atom. The highest BCUT2D eigenvalue weighted by molar-refractivity contribution is 8.18. The SMILES string of the molecule is CCOc1cc(/C=C2\SC(=O)NC2=O)ccc1OCCCOc1cccc(C)c1C. The van der Waals surface area contributed by atoms with E-state index in [1.54, 1.807) is 12.1 Å². The maximum Gasteiger partial charge on any atom is 0.290 e. The van der Waals surface area contributed by atoms with Crippen molar-refractivity contribution in [2.24, 2.45) is 0 Å². The number of rotatable bonds is 9. The van der Waals surface area contributed by atoms with E-state index in [0.29, 0.717) is 36.2 Å². The highest BCUT2D eigenvalue weighted by atomic mass is 32.2. The van der Waals surface area contributed by atoms with E-state index in [0.717, 1.165) is 35.1 Å². The summed E-state index contributed by atoms with van der Waals surface area (Å²) in [7, 11) is 0. The van der Waals surface area contributed by atoms with Crippen LogP contribution in [-0.4, -0.2) is 31.0 Å². The summed E-state index contributed by atoms with van der Waals surface area (Å²) in [5.74, 6) is 1.74. The number of hydrogen-bond acceptors (Lipinski definition) is 6. The van der Waals surface area contributed by atoms with E-state index in [4.69, 9.17) is 14.2 Å². The fraction of sp³-hybridized carbons (Fsp3) is 0.304. The number of aryl methyl sites for hydroxylation is 1. The number of ether oxygens (including phenoxy) is 3. The minimum atomic E-state index is -0.382. The zero-order valence-corrected chi connectivity index (χ0v) is 18.1. The van der Waals surface area contributed by atoms with E-state index in [2.05, 4.69) is 25.2 Å². The summed E-state index contributed by atoms with van der Waals surface area (Å²) < 4.78 is 17.4. The molecule has 0 saturated carbocycles. The van der Waals surface area contributed by atoms with Crippen molar-refractivity contribution in [3.63, 3.8) is 0 Å². The zero-order valence-electron chi connectivity index (χ0n) is 17.3. The van der Waals surface area contributed by atoms with Crippen LogP contribution in [0.15, 0.2) is 41.3 Å². The molecule has 3 rings (SSSR count). The number of amides is 2. The molecule has 0 aromatic heterocycles. The third-order valence-corrected chi connectivity index (χ3v) is 5.38. The van der Waals surface area contributed by atoms with Crippen LogP contribution in [0.5, 0.6) is 17.2 Å². The number of hydrogen-bond donors (Lipinski definition) is 1. The average molecular weight is 428 g/mol. The normalized spacial score (nSPS) is 14.7. The predicted octanol–water partition coefficient (Wildman–Crippen LogP) is 4.87. The van der Waals surface area contributed by atoms with Gasteiger partial charge in [0.05, 0.1) is 24.7 Å². The summed E-state index contributed by atoms with van der Waals surface area (Å²) in [5, 5.41) is 1.88. The van der Waals surface area contributed by atoms with Gasteiger partial charge in [0.2, 0.25) is 0 Å². The Labute approximate surface area is 180 Å². The molecule has 0 atom stereocenters. The second-order valence-corrected chi connectivity index (χ2v) is 7.75. The standard InChI is InChI=1S/C23H25NO5S/c1-4-27-20-13-17(14-21-22(25)24-23(26)30-21)9-10-19(20)29-12-6-11-28-18-8-5-7-15(2)16(18)3/h5,7-10,13-14H,4,6,11-12H2,1-3H3,(H,24,25,26)/b21-14-. The largest absolute Gasteiger partial charge is 0.493 e. The first-order valence-electron chi connectivity index (χ1n) is 9.81. The predicted molar refractivity (Wildman–Crippen MR) is 118 cm³/mol. The first kappa shape index (κ1) is 21.8. The van der Waals surface area contributed by atoms with Crippen molar-refractivity contribution in [2.45, 2.75) is 27.2 Å². The van der Waals surface area contributed by atoms with Gasteiger partial charge in [0.15, 0.2) is 11.5 Å².